The molecule has 0 aliphatic carbocycles. The Bertz CT molecular complexity index is 1110. The summed E-state index contributed by atoms with van der Waals surface area (Å²) < 4.78 is 0. The highest BCUT2D eigenvalue weighted by molar-refractivity contribution is 7.98. The zero-order valence-electron chi connectivity index (χ0n) is 16.9. The maximum atomic E-state index is 13.1. The molecule has 2 aromatic rings. The quantitative estimate of drug-likeness (QED) is 0.696. The van der Waals surface area contributed by atoms with Crippen LogP contribution in [0, 0.1) is 0 Å². The summed E-state index contributed by atoms with van der Waals surface area (Å²) in [5.74, 6) is -1.82. The molecule has 2 aromatic carbocycles. The van der Waals surface area contributed by atoms with Gasteiger partial charge in [-0.1, -0.05) is 12.1 Å². The normalized spacial score (nSPS) is 15.9. The first kappa shape index (κ1) is 20.8. The molecule has 0 spiro atoms. The molecule has 2 aliphatic heterocycles. The number of thioether (sulfide) groups is 1. The first-order chi connectivity index (χ1) is 14.8. The molecule has 4 rings (SSSR count). The Labute approximate surface area is 182 Å². The van der Waals surface area contributed by atoms with Crippen molar-refractivity contribution in [3.05, 3.63) is 64.7 Å². The molecule has 0 fully saturated rings. The zero-order chi connectivity index (χ0) is 22.3. The molecular formula is C22H19N3O5S. The number of hydrogen-bond acceptors (Lipinski definition) is 6. The first-order valence-corrected chi connectivity index (χ1v) is 11.0. The van der Waals surface area contributed by atoms with E-state index in [1.54, 1.807) is 24.3 Å². The number of carbonyl (C=O) groups is 5. The maximum Gasteiger partial charge on any atom is 0.262 e. The van der Waals surface area contributed by atoms with Crippen molar-refractivity contribution >= 4 is 47.0 Å². The molecule has 2 heterocycles. The van der Waals surface area contributed by atoms with Crippen LogP contribution in [0.1, 0.15) is 47.9 Å². The van der Waals surface area contributed by atoms with Gasteiger partial charge in [-0.05, 0) is 48.8 Å². The zero-order valence-corrected chi connectivity index (χ0v) is 17.7. The third-order valence-electron chi connectivity index (χ3n) is 5.39. The number of nitrogens with one attached hydrogen (secondary N) is 1. The minimum absolute atomic E-state index is 0.201. The molecule has 0 saturated heterocycles. The van der Waals surface area contributed by atoms with Gasteiger partial charge in [0.15, 0.2) is 0 Å². The van der Waals surface area contributed by atoms with E-state index in [9.17, 15) is 24.0 Å². The van der Waals surface area contributed by atoms with Gasteiger partial charge in [0.25, 0.3) is 23.6 Å². The van der Waals surface area contributed by atoms with E-state index < -0.39 is 35.6 Å². The summed E-state index contributed by atoms with van der Waals surface area (Å²) in [4.78, 5) is 65.2. The second-order valence-corrected chi connectivity index (χ2v) is 8.23. The van der Waals surface area contributed by atoms with E-state index >= 15 is 0 Å². The molecule has 5 amide bonds. The number of amides is 5. The molecule has 0 radical (unpaired) electrons. The molecule has 1 unspecified atom stereocenters. The van der Waals surface area contributed by atoms with Crippen LogP contribution in [0.3, 0.4) is 0 Å². The fourth-order valence-corrected chi connectivity index (χ4v) is 4.22. The van der Waals surface area contributed by atoms with Gasteiger partial charge in [0.1, 0.15) is 6.04 Å². The molecule has 1 N–H and O–H groups in total. The van der Waals surface area contributed by atoms with Gasteiger partial charge < -0.3 is 5.32 Å². The van der Waals surface area contributed by atoms with E-state index in [0.29, 0.717) is 11.4 Å². The van der Waals surface area contributed by atoms with Gasteiger partial charge in [0, 0.05) is 12.7 Å². The van der Waals surface area contributed by atoms with Gasteiger partial charge in [0.05, 0.1) is 22.3 Å². The summed E-state index contributed by atoms with van der Waals surface area (Å²) in [7, 11) is 1.39. The molecule has 0 saturated carbocycles. The lowest BCUT2D eigenvalue weighted by atomic mass is 10.1. The van der Waals surface area contributed by atoms with Crippen molar-refractivity contribution in [1.82, 2.24) is 9.80 Å². The number of anilines is 1. The minimum atomic E-state index is -1.01. The van der Waals surface area contributed by atoms with Crippen molar-refractivity contribution < 1.29 is 24.0 Å². The van der Waals surface area contributed by atoms with E-state index in [4.69, 9.17) is 0 Å². The second kappa shape index (κ2) is 7.99. The van der Waals surface area contributed by atoms with E-state index in [1.807, 2.05) is 6.26 Å². The van der Waals surface area contributed by atoms with E-state index in [1.165, 1.54) is 37.0 Å². The van der Waals surface area contributed by atoms with Crippen LogP contribution in [0.15, 0.2) is 42.5 Å². The number of hydrogen-bond donors (Lipinski definition) is 1. The Morgan fingerprint density at radius 3 is 2.10 bits per heavy atom. The number of rotatable bonds is 6. The average Bonchev–Trinajstić information content (AvgIpc) is 3.14. The number of fused-ring (bicyclic) bond motifs is 2. The van der Waals surface area contributed by atoms with Gasteiger partial charge >= 0.3 is 0 Å². The number of nitrogens with zero attached hydrogens (tertiary/aromatic N) is 2. The summed E-state index contributed by atoms with van der Waals surface area (Å²) >= 11 is 1.50. The fraction of sp³-hybridized carbons (Fsp3) is 0.227. The van der Waals surface area contributed by atoms with Crippen LogP contribution in [0.5, 0.6) is 0 Å². The molecular weight excluding hydrogens is 418 g/mol. The maximum absolute atomic E-state index is 13.1. The molecule has 158 valence electrons. The lowest BCUT2D eigenvalue weighted by Crippen LogP contribution is -2.47. The van der Waals surface area contributed by atoms with Crippen LogP contribution < -0.4 is 5.32 Å². The average molecular weight is 437 g/mol. The van der Waals surface area contributed by atoms with Crippen molar-refractivity contribution in [2.75, 3.05) is 24.4 Å². The largest absolute Gasteiger partial charge is 0.324 e. The van der Waals surface area contributed by atoms with Crippen molar-refractivity contribution in [3.8, 4) is 0 Å². The van der Waals surface area contributed by atoms with Crippen molar-refractivity contribution in [2.45, 2.75) is 12.5 Å². The van der Waals surface area contributed by atoms with Crippen LogP contribution in [0.25, 0.3) is 0 Å². The molecule has 2 aliphatic rings. The van der Waals surface area contributed by atoms with E-state index in [2.05, 4.69) is 5.32 Å². The van der Waals surface area contributed by atoms with Crippen LogP contribution in [-0.2, 0) is 4.79 Å². The smallest absolute Gasteiger partial charge is 0.262 e. The predicted molar refractivity (Wildman–Crippen MR) is 115 cm³/mol. The number of carbonyl (C=O) groups excluding carboxylic acids is 5. The van der Waals surface area contributed by atoms with E-state index in [-0.39, 0.29) is 28.7 Å². The standard InChI is InChI=1S/C22H19N3O5S/c1-24-19(27)15-8-7-12(11-16(15)20(24)28)23-18(26)17(9-10-31-2)25-21(29)13-5-3-4-6-14(13)22(25)30/h3-8,11,17H,9-10H2,1-2H3,(H,23,26). The van der Waals surface area contributed by atoms with Gasteiger partial charge in [-0.2, -0.15) is 11.8 Å². The monoisotopic (exact) mass is 437 g/mol. The highest BCUT2D eigenvalue weighted by atomic mass is 32.2. The highest BCUT2D eigenvalue weighted by Crippen LogP contribution is 2.28. The van der Waals surface area contributed by atoms with Crippen LogP contribution in [0.2, 0.25) is 0 Å². The van der Waals surface area contributed by atoms with E-state index in [0.717, 1.165) is 9.80 Å². The highest BCUT2D eigenvalue weighted by Gasteiger charge is 2.42. The summed E-state index contributed by atoms with van der Waals surface area (Å²) in [6.07, 6.45) is 2.15. The fourth-order valence-electron chi connectivity index (χ4n) is 3.76. The van der Waals surface area contributed by atoms with Crippen molar-refractivity contribution in [1.29, 1.82) is 0 Å². The topological polar surface area (TPSA) is 104 Å². The SMILES string of the molecule is CSCCC(C(=O)Nc1ccc2c(c1)C(=O)N(C)C2=O)N1C(=O)c2ccccc2C1=O. The predicted octanol–water partition coefficient (Wildman–Crippen LogP) is 2.27. The molecule has 31 heavy (non-hydrogen) atoms. The summed E-state index contributed by atoms with van der Waals surface area (Å²) in [5.41, 5.74) is 1.33. The number of imide groups is 2. The lowest BCUT2D eigenvalue weighted by Gasteiger charge is -2.25. The third kappa shape index (κ3) is 3.40. The van der Waals surface area contributed by atoms with Crippen LogP contribution in [0.4, 0.5) is 5.69 Å². The Kier molecular flexibility index (Phi) is 5.36. The molecule has 1 atom stereocenters. The van der Waals surface area contributed by atoms with Crippen LogP contribution >= 0.6 is 11.8 Å². The molecule has 0 aromatic heterocycles. The third-order valence-corrected chi connectivity index (χ3v) is 6.04. The first-order valence-electron chi connectivity index (χ1n) is 9.58. The van der Waals surface area contributed by atoms with Crippen molar-refractivity contribution in [2.24, 2.45) is 0 Å². The number of benzene rings is 2. The minimum Gasteiger partial charge on any atom is -0.324 e. The van der Waals surface area contributed by atoms with Gasteiger partial charge in [-0.3, -0.25) is 33.8 Å². The summed E-state index contributed by atoms with van der Waals surface area (Å²) in [5, 5.41) is 2.70. The Morgan fingerprint density at radius 2 is 1.48 bits per heavy atom. The van der Waals surface area contributed by atoms with Gasteiger partial charge in [-0.15, -0.1) is 0 Å². The summed E-state index contributed by atoms with van der Waals surface area (Å²) in [6, 6.07) is 9.91. The lowest BCUT2D eigenvalue weighted by molar-refractivity contribution is -0.120. The molecule has 8 nitrogen and oxygen atoms in total. The summed E-state index contributed by atoms with van der Waals surface area (Å²) in [6.45, 7) is 0. The Hall–Kier alpha value is -3.46. The Balaban J connectivity index is 1.61. The van der Waals surface area contributed by atoms with Crippen molar-refractivity contribution in [3.63, 3.8) is 0 Å². The molecule has 9 heteroatoms. The van der Waals surface area contributed by atoms with Gasteiger partial charge in [-0.25, -0.2) is 0 Å². The second-order valence-electron chi connectivity index (χ2n) is 7.24. The van der Waals surface area contributed by atoms with Gasteiger partial charge in [0.2, 0.25) is 5.91 Å². The Morgan fingerprint density at radius 1 is 0.903 bits per heavy atom. The van der Waals surface area contributed by atoms with Crippen LogP contribution in [-0.4, -0.2) is 64.4 Å². The molecule has 0 bridgehead atoms.